The van der Waals surface area contributed by atoms with E-state index < -0.39 is 11.9 Å². The number of nitrogens with zero attached hydrogens (tertiary/aromatic N) is 3. The van der Waals surface area contributed by atoms with Crippen molar-refractivity contribution in [2.45, 2.75) is 51.4 Å². The van der Waals surface area contributed by atoms with E-state index in [0.717, 1.165) is 5.75 Å². The van der Waals surface area contributed by atoms with Gasteiger partial charge in [0, 0.05) is 12.2 Å². The van der Waals surface area contributed by atoms with Gasteiger partial charge in [-0.1, -0.05) is 37.7 Å². The lowest BCUT2D eigenvalue weighted by Crippen LogP contribution is -2.17. The Morgan fingerprint density at radius 1 is 0.947 bits per heavy atom. The quantitative estimate of drug-likeness (QED) is 0.268. The third-order valence-corrected chi connectivity index (χ3v) is 6.64. The van der Waals surface area contributed by atoms with Crippen LogP contribution in [-0.2, 0) is 20.8 Å². The predicted octanol–water partition coefficient (Wildman–Crippen LogP) is 4.87. The molecule has 10 nitrogen and oxygen atoms in total. The molecule has 0 spiro atoms. The highest BCUT2D eigenvalue weighted by Crippen LogP contribution is 2.26. The van der Waals surface area contributed by atoms with Crippen LogP contribution in [0.2, 0.25) is 0 Å². The fourth-order valence-corrected chi connectivity index (χ4v) is 4.50. The van der Waals surface area contributed by atoms with E-state index in [4.69, 9.17) is 14.2 Å². The highest BCUT2D eigenvalue weighted by Gasteiger charge is 2.20. The number of carbonyl (C=O) groups is 3. The minimum Gasteiger partial charge on any atom is -0.483 e. The molecule has 202 valence electrons. The molecule has 38 heavy (non-hydrogen) atoms. The monoisotopic (exact) mass is 540 g/mol. The van der Waals surface area contributed by atoms with Crippen LogP contribution in [0, 0.1) is 0 Å². The largest absolute Gasteiger partial charge is 0.483 e. The first-order valence-corrected chi connectivity index (χ1v) is 13.1. The predicted molar refractivity (Wildman–Crippen MR) is 144 cm³/mol. The number of amides is 1. The van der Waals surface area contributed by atoms with Crippen molar-refractivity contribution in [2.24, 2.45) is 0 Å². The minimum absolute atomic E-state index is 0.0278. The molecule has 2 aromatic carbocycles. The number of ether oxygens (including phenoxy) is 3. The molecule has 3 aromatic rings. The summed E-state index contributed by atoms with van der Waals surface area (Å²) < 4.78 is 17.5. The Bertz CT molecular complexity index is 1250. The highest BCUT2D eigenvalue weighted by atomic mass is 32.2. The van der Waals surface area contributed by atoms with Gasteiger partial charge >= 0.3 is 11.9 Å². The van der Waals surface area contributed by atoms with Gasteiger partial charge in [0.2, 0.25) is 5.91 Å². The van der Waals surface area contributed by atoms with Gasteiger partial charge in [-0.25, -0.2) is 9.59 Å². The number of nitrogens with one attached hydrogen (secondary N) is 1. The molecule has 1 heterocycles. The van der Waals surface area contributed by atoms with Crippen molar-refractivity contribution in [1.29, 1.82) is 0 Å². The zero-order chi connectivity index (χ0) is 27.8. The molecule has 3 rings (SSSR count). The number of hydrogen-bond acceptors (Lipinski definition) is 9. The Morgan fingerprint density at radius 2 is 1.55 bits per heavy atom. The maximum Gasteiger partial charge on any atom is 0.337 e. The van der Waals surface area contributed by atoms with E-state index in [0.29, 0.717) is 23.4 Å². The molecule has 11 heteroatoms. The van der Waals surface area contributed by atoms with Crippen LogP contribution in [0.4, 0.5) is 5.69 Å². The Morgan fingerprint density at radius 3 is 2.08 bits per heavy atom. The molecule has 0 aliphatic heterocycles. The van der Waals surface area contributed by atoms with Gasteiger partial charge in [0.25, 0.3) is 0 Å². The SMILES string of the molecule is CCn1c(SCC(=O)Nc2cc(C(=O)OC)cc(C(=O)OC)c2)nnc1C(C)Oc1ccc(C(C)C)cc1. The van der Waals surface area contributed by atoms with Gasteiger partial charge in [-0.3, -0.25) is 4.79 Å². The Kier molecular flexibility index (Phi) is 9.89. The summed E-state index contributed by atoms with van der Waals surface area (Å²) >= 11 is 1.22. The van der Waals surface area contributed by atoms with E-state index in [1.165, 1.54) is 49.7 Å². The average Bonchev–Trinajstić information content (AvgIpc) is 3.34. The van der Waals surface area contributed by atoms with Crippen molar-refractivity contribution < 1.29 is 28.6 Å². The third-order valence-electron chi connectivity index (χ3n) is 5.68. The van der Waals surface area contributed by atoms with Crippen LogP contribution in [0.5, 0.6) is 5.75 Å². The normalized spacial score (nSPS) is 11.7. The zero-order valence-corrected chi connectivity index (χ0v) is 23.1. The summed E-state index contributed by atoms with van der Waals surface area (Å²) in [5.41, 5.74) is 1.72. The first-order valence-electron chi connectivity index (χ1n) is 12.1. The van der Waals surface area contributed by atoms with E-state index >= 15 is 0 Å². The summed E-state index contributed by atoms with van der Waals surface area (Å²) in [5.74, 6) is 0.217. The number of anilines is 1. The molecule has 0 saturated carbocycles. The van der Waals surface area contributed by atoms with Crippen LogP contribution in [0.1, 0.15) is 71.8 Å². The summed E-state index contributed by atoms with van der Waals surface area (Å²) in [6.45, 7) is 8.74. The molecule has 1 amide bonds. The summed E-state index contributed by atoms with van der Waals surface area (Å²) in [6, 6.07) is 12.2. The standard InChI is InChI=1S/C27H32N4O6S/c1-7-31-24(17(4)37-22-10-8-18(9-11-22)16(2)3)29-30-27(31)38-15-23(32)28-21-13-19(25(33)35-5)12-20(14-21)26(34)36-6/h8-14,16-17H,7,15H2,1-6H3,(H,28,32). The maximum atomic E-state index is 12.7. The molecule has 0 bridgehead atoms. The molecule has 0 fully saturated rings. The van der Waals surface area contributed by atoms with Gasteiger partial charge in [-0.2, -0.15) is 0 Å². The maximum absolute atomic E-state index is 12.7. The molecular weight excluding hydrogens is 508 g/mol. The van der Waals surface area contributed by atoms with Crippen molar-refractivity contribution in [2.75, 3.05) is 25.3 Å². The number of carbonyl (C=O) groups excluding carboxylic acids is 3. The third kappa shape index (κ3) is 7.12. The first kappa shape index (κ1) is 28.7. The number of thioether (sulfide) groups is 1. The van der Waals surface area contributed by atoms with Crippen LogP contribution in [-0.4, -0.2) is 52.6 Å². The average molecular weight is 541 g/mol. The lowest BCUT2D eigenvalue weighted by molar-refractivity contribution is -0.113. The topological polar surface area (TPSA) is 122 Å². The molecule has 0 radical (unpaired) electrons. The molecule has 0 saturated heterocycles. The van der Waals surface area contributed by atoms with Gasteiger partial charge in [0.1, 0.15) is 5.75 Å². The molecule has 1 aromatic heterocycles. The van der Waals surface area contributed by atoms with Gasteiger partial charge in [-0.05, 0) is 55.7 Å². The number of aromatic nitrogens is 3. The van der Waals surface area contributed by atoms with Crippen LogP contribution < -0.4 is 10.1 Å². The molecule has 1 atom stereocenters. The fourth-order valence-electron chi connectivity index (χ4n) is 3.69. The van der Waals surface area contributed by atoms with Gasteiger partial charge in [-0.15, -0.1) is 10.2 Å². The van der Waals surface area contributed by atoms with E-state index in [9.17, 15) is 14.4 Å². The van der Waals surface area contributed by atoms with Crippen LogP contribution in [0.3, 0.4) is 0 Å². The van der Waals surface area contributed by atoms with Crippen molar-refractivity contribution >= 4 is 35.3 Å². The Balaban J connectivity index is 1.67. The summed E-state index contributed by atoms with van der Waals surface area (Å²) in [4.78, 5) is 36.7. The van der Waals surface area contributed by atoms with Crippen molar-refractivity contribution in [3.63, 3.8) is 0 Å². The molecule has 1 unspecified atom stereocenters. The van der Waals surface area contributed by atoms with Gasteiger partial charge < -0.3 is 24.1 Å². The van der Waals surface area contributed by atoms with Crippen molar-refractivity contribution in [3.05, 3.63) is 65.0 Å². The van der Waals surface area contributed by atoms with E-state index in [1.54, 1.807) is 0 Å². The lowest BCUT2D eigenvalue weighted by Gasteiger charge is -2.16. The Hall–Kier alpha value is -3.86. The fraction of sp³-hybridized carbons (Fsp3) is 0.370. The van der Waals surface area contributed by atoms with E-state index in [-0.39, 0.29) is 34.6 Å². The van der Waals surface area contributed by atoms with Crippen molar-refractivity contribution in [3.8, 4) is 5.75 Å². The van der Waals surface area contributed by atoms with E-state index in [1.807, 2.05) is 42.7 Å². The van der Waals surface area contributed by atoms with Crippen LogP contribution in [0.15, 0.2) is 47.6 Å². The smallest absolute Gasteiger partial charge is 0.337 e. The second kappa shape index (κ2) is 13.1. The number of rotatable bonds is 11. The number of methoxy groups -OCH3 is 2. The van der Waals surface area contributed by atoms with Gasteiger partial charge in [0.05, 0.1) is 31.1 Å². The highest BCUT2D eigenvalue weighted by molar-refractivity contribution is 7.99. The zero-order valence-electron chi connectivity index (χ0n) is 22.3. The van der Waals surface area contributed by atoms with Gasteiger partial charge in [0.15, 0.2) is 17.1 Å². The molecular formula is C27H32N4O6S. The Labute approximate surface area is 226 Å². The van der Waals surface area contributed by atoms with Crippen LogP contribution >= 0.6 is 11.8 Å². The van der Waals surface area contributed by atoms with Crippen molar-refractivity contribution in [1.82, 2.24) is 14.8 Å². The second-order valence-corrected chi connectivity index (χ2v) is 9.63. The second-order valence-electron chi connectivity index (χ2n) is 8.69. The van der Waals surface area contributed by atoms with Crippen LogP contribution in [0.25, 0.3) is 0 Å². The minimum atomic E-state index is -0.642. The number of esters is 2. The van der Waals surface area contributed by atoms with E-state index in [2.05, 4.69) is 29.4 Å². The number of benzene rings is 2. The number of hydrogen-bond donors (Lipinski definition) is 1. The molecule has 1 N–H and O–H groups in total. The molecule has 0 aliphatic rings. The first-order chi connectivity index (χ1) is 18.2. The summed E-state index contributed by atoms with van der Waals surface area (Å²) in [5, 5.41) is 11.8. The molecule has 0 aliphatic carbocycles. The summed E-state index contributed by atoms with van der Waals surface area (Å²) in [7, 11) is 2.46. The summed E-state index contributed by atoms with van der Waals surface area (Å²) in [6.07, 6.45) is -0.353. The lowest BCUT2D eigenvalue weighted by atomic mass is 10.0.